The minimum Gasteiger partial charge on any atom is -0.388 e. The van der Waals surface area contributed by atoms with Crippen LogP contribution in [-0.4, -0.2) is 15.2 Å². The van der Waals surface area contributed by atoms with Gasteiger partial charge in [0, 0.05) is 5.92 Å². The van der Waals surface area contributed by atoms with Gasteiger partial charge in [0.15, 0.2) is 5.82 Å². The van der Waals surface area contributed by atoms with Crippen molar-refractivity contribution in [3.63, 3.8) is 0 Å². The van der Waals surface area contributed by atoms with Crippen molar-refractivity contribution >= 4 is 0 Å². The molecule has 2 fully saturated rings. The number of nitrogens with zero attached hydrogens (tertiary/aromatic N) is 2. The summed E-state index contributed by atoms with van der Waals surface area (Å²) in [5, 5.41) is 12.5. The normalized spacial score (nSPS) is 36.2. The van der Waals surface area contributed by atoms with E-state index in [2.05, 4.69) is 10.1 Å². The Morgan fingerprint density at radius 3 is 2.77 bits per heavy atom. The molecule has 4 nitrogen and oxygen atoms in total. The highest BCUT2D eigenvalue weighted by Crippen LogP contribution is 2.62. The lowest BCUT2D eigenvalue weighted by Gasteiger charge is -1.94. The third kappa shape index (κ3) is 1.01. The number of hydrogen-bond donors (Lipinski definition) is 1. The zero-order valence-corrected chi connectivity index (χ0v) is 7.31. The molecule has 0 aliphatic heterocycles. The van der Waals surface area contributed by atoms with E-state index in [1.807, 2.05) is 0 Å². The number of aliphatic hydroxyl groups is 1. The molecule has 13 heavy (non-hydrogen) atoms. The largest absolute Gasteiger partial charge is 0.388 e. The van der Waals surface area contributed by atoms with Crippen LogP contribution in [0.3, 0.4) is 0 Å². The van der Waals surface area contributed by atoms with Crippen molar-refractivity contribution in [2.24, 2.45) is 11.8 Å². The second-order valence-electron chi connectivity index (χ2n) is 3.99. The minimum absolute atomic E-state index is 0.119. The second-order valence-corrected chi connectivity index (χ2v) is 3.99. The smallest absolute Gasteiger partial charge is 0.230 e. The summed E-state index contributed by atoms with van der Waals surface area (Å²) in [5.74, 6) is 3.28. The van der Waals surface area contributed by atoms with E-state index in [9.17, 15) is 0 Å². The topological polar surface area (TPSA) is 59.2 Å². The average molecular weight is 180 g/mol. The van der Waals surface area contributed by atoms with Crippen LogP contribution in [0.25, 0.3) is 0 Å². The van der Waals surface area contributed by atoms with Gasteiger partial charge in [-0.1, -0.05) is 11.6 Å². The fourth-order valence-electron chi connectivity index (χ4n) is 2.65. The van der Waals surface area contributed by atoms with Crippen molar-refractivity contribution in [1.82, 2.24) is 10.1 Å². The van der Waals surface area contributed by atoms with Gasteiger partial charge in [-0.3, -0.25) is 0 Å². The molecule has 1 aromatic rings. The fourth-order valence-corrected chi connectivity index (χ4v) is 2.65. The van der Waals surface area contributed by atoms with Gasteiger partial charge in [0.25, 0.3) is 0 Å². The number of aliphatic hydroxyl groups excluding tert-OH is 1. The molecule has 4 heteroatoms. The highest BCUT2D eigenvalue weighted by molar-refractivity contribution is 5.15. The summed E-state index contributed by atoms with van der Waals surface area (Å²) in [6.07, 6.45) is 3.98. The summed E-state index contributed by atoms with van der Waals surface area (Å²) in [5.41, 5.74) is 0. The van der Waals surface area contributed by atoms with Crippen molar-refractivity contribution in [2.75, 3.05) is 0 Å². The van der Waals surface area contributed by atoms with Crippen molar-refractivity contribution in [3.8, 4) is 0 Å². The highest BCUT2D eigenvalue weighted by Gasteiger charge is 2.56. The van der Waals surface area contributed by atoms with Crippen LogP contribution < -0.4 is 0 Å². The van der Waals surface area contributed by atoms with Crippen molar-refractivity contribution in [1.29, 1.82) is 0 Å². The van der Waals surface area contributed by atoms with Crippen LogP contribution in [0.2, 0.25) is 0 Å². The summed E-state index contributed by atoms with van der Waals surface area (Å²) >= 11 is 0. The van der Waals surface area contributed by atoms with Gasteiger partial charge in [-0.25, -0.2) is 0 Å². The Morgan fingerprint density at radius 2 is 2.15 bits per heavy atom. The lowest BCUT2D eigenvalue weighted by atomic mass is 10.1. The SMILES string of the molecule is OCc1noc(C2C3CCCC32)n1. The van der Waals surface area contributed by atoms with Crippen molar-refractivity contribution in [3.05, 3.63) is 11.7 Å². The standard InChI is InChI=1S/C9H12N2O2/c12-4-7-10-9(13-11-7)8-5-2-1-3-6(5)8/h5-6,8,12H,1-4H2. The number of hydrogen-bond acceptors (Lipinski definition) is 4. The van der Waals surface area contributed by atoms with E-state index in [4.69, 9.17) is 9.63 Å². The van der Waals surface area contributed by atoms with Gasteiger partial charge in [-0.15, -0.1) is 0 Å². The van der Waals surface area contributed by atoms with Crippen LogP contribution in [0.1, 0.15) is 36.9 Å². The van der Waals surface area contributed by atoms with Crippen LogP contribution >= 0.6 is 0 Å². The monoisotopic (exact) mass is 180 g/mol. The van der Waals surface area contributed by atoms with E-state index in [1.165, 1.54) is 19.3 Å². The molecular weight excluding hydrogens is 168 g/mol. The Labute approximate surface area is 76.0 Å². The van der Waals surface area contributed by atoms with Gasteiger partial charge in [0.2, 0.25) is 5.89 Å². The van der Waals surface area contributed by atoms with Gasteiger partial charge in [-0.05, 0) is 24.7 Å². The van der Waals surface area contributed by atoms with Gasteiger partial charge >= 0.3 is 0 Å². The maximum atomic E-state index is 8.77. The summed E-state index contributed by atoms with van der Waals surface area (Å²) in [6, 6.07) is 0. The lowest BCUT2D eigenvalue weighted by Crippen LogP contribution is -1.89. The van der Waals surface area contributed by atoms with Crippen LogP contribution in [0.15, 0.2) is 4.52 Å². The third-order valence-corrected chi connectivity index (χ3v) is 3.32. The van der Waals surface area contributed by atoms with Crippen LogP contribution in [-0.2, 0) is 6.61 Å². The van der Waals surface area contributed by atoms with Crippen LogP contribution in [0, 0.1) is 11.8 Å². The van der Waals surface area contributed by atoms with Gasteiger partial charge in [0.1, 0.15) is 6.61 Å². The first kappa shape index (κ1) is 7.50. The molecule has 0 radical (unpaired) electrons. The molecule has 0 aromatic carbocycles. The first-order chi connectivity index (χ1) is 6.40. The predicted octanol–water partition coefficient (Wildman–Crippen LogP) is 1.08. The molecule has 2 unspecified atom stereocenters. The van der Waals surface area contributed by atoms with Gasteiger partial charge < -0.3 is 9.63 Å². The molecule has 1 aromatic heterocycles. The molecule has 70 valence electrons. The average Bonchev–Trinajstić information content (AvgIpc) is 2.65. The van der Waals surface area contributed by atoms with E-state index in [1.54, 1.807) is 0 Å². The number of rotatable bonds is 2. The predicted molar refractivity (Wildman–Crippen MR) is 43.8 cm³/mol. The molecule has 1 heterocycles. The van der Waals surface area contributed by atoms with Gasteiger partial charge in [-0.2, -0.15) is 4.98 Å². The van der Waals surface area contributed by atoms with Crippen molar-refractivity contribution < 1.29 is 9.63 Å². The molecule has 3 rings (SSSR count). The van der Waals surface area contributed by atoms with Crippen LogP contribution in [0.4, 0.5) is 0 Å². The Hall–Kier alpha value is -0.900. The maximum Gasteiger partial charge on any atom is 0.230 e. The van der Waals surface area contributed by atoms with Gasteiger partial charge in [0.05, 0.1) is 0 Å². The molecule has 1 N–H and O–H groups in total. The molecule has 0 bridgehead atoms. The first-order valence-electron chi connectivity index (χ1n) is 4.83. The van der Waals surface area contributed by atoms with E-state index in [-0.39, 0.29) is 6.61 Å². The molecule has 2 atom stereocenters. The second kappa shape index (κ2) is 2.54. The molecule has 0 spiro atoms. The zero-order chi connectivity index (χ0) is 8.84. The van der Waals surface area contributed by atoms with Crippen LogP contribution in [0.5, 0.6) is 0 Å². The summed E-state index contributed by atoms with van der Waals surface area (Å²) in [7, 11) is 0. The quantitative estimate of drug-likeness (QED) is 0.739. The lowest BCUT2D eigenvalue weighted by molar-refractivity contribution is 0.262. The zero-order valence-electron chi connectivity index (χ0n) is 7.31. The Morgan fingerprint density at radius 1 is 1.38 bits per heavy atom. The molecule has 2 saturated carbocycles. The molecule has 0 saturated heterocycles. The summed E-state index contributed by atoms with van der Waals surface area (Å²) in [6.45, 7) is -0.119. The third-order valence-electron chi connectivity index (χ3n) is 3.32. The van der Waals surface area contributed by atoms with E-state index in [0.29, 0.717) is 11.7 Å². The Balaban J connectivity index is 1.79. The van der Waals surface area contributed by atoms with E-state index >= 15 is 0 Å². The Kier molecular flexibility index (Phi) is 1.47. The fraction of sp³-hybridized carbons (Fsp3) is 0.778. The molecule has 0 amide bonds. The first-order valence-corrected chi connectivity index (χ1v) is 4.83. The number of fused-ring (bicyclic) bond motifs is 1. The molecular formula is C9H12N2O2. The number of aromatic nitrogens is 2. The summed E-state index contributed by atoms with van der Waals surface area (Å²) < 4.78 is 5.09. The molecule has 2 aliphatic carbocycles. The van der Waals surface area contributed by atoms with Crippen molar-refractivity contribution in [2.45, 2.75) is 31.8 Å². The Bertz CT molecular complexity index is 313. The summed E-state index contributed by atoms with van der Waals surface area (Å²) in [4.78, 5) is 4.15. The van der Waals surface area contributed by atoms with E-state index in [0.717, 1.165) is 17.7 Å². The minimum atomic E-state index is -0.119. The highest BCUT2D eigenvalue weighted by atomic mass is 16.5. The maximum absolute atomic E-state index is 8.77. The van der Waals surface area contributed by atoms with E-state index < -0.39 is 0 Å². The molecule has 2 aliphatic rings.